The Morgan fingerprint density at radius 1 is 0.711 bits per heavy atom. The fraction of sp³-hybridized carbons (Fsp3) is 0.333. The fourth-order valence-electron chi connectivity index (χ4n) is 5.16. The van der Waals surface area contributed by atoms with Crippen LogP contribution in [0.3, 0.4) is 0 Å². The molecule has 3 aromatic carbocycles. The van der Waals surface area contributed by atoms with Crippen molar-refractivity contribution in [3.63, 3.8) is 0 Å². The number of amidine groups is 1. The Balaban J connectivity index is 0.000000205. The first-order valence-electron chi connectivity index (χ1n) is 16.0. The minimum absolute atomic E-state index is 0.140. The molecule has 0 fully saturated rings. The summed E-state index contributed by atoms with van der Waals surface area (Å²) in [4.78, 5) is 3.93. The van der Waals surface area contributed by atoms with Crippen LogP contribution in [0.15, 0.2) is 119 Å². The molecule has 0 amide bonds. The number of nitrogens with one attached hydrogen (secondary N) is 2. The number of hydrogen-bond donors (Lipinski definition) is 2. The van der Waals surface area contributed by atoms with Gasteiger partial charge in [0.1, 0.15) is 15.8 Å². The van der Waals surface area contributed by atoms with Crippen molar-refractivity contribution in [3.8, 4) is 0 Å². The molecule has 1 aliphatic heterocycles. The first-order chi connectivity index (χ1) is 22.0. The monoisotopic (exact) mass is 627 g/mol. The molecular weight excluding hydrogens is 582 g/mol. The first kappa shape index (κ1) is 33.8. The van der Waals surface area contributed by atoms with Crippen molar-refractivity contribution >= 4 is 27.3 Å². The van der Waals surface area contributed by atoms with Crippen LogP contribution in [-0.2, 0) is 16.5 Å². The van der Waals surface area contributed by atoms with Crippen molar-refractivity contribution in [2.45, 2.75) is 82.4 Å². The number of hydrogen-bond acceptors (Lipinski definition) is 7. The van der Waals surface area contributed by atoms with Gasteiger partial charge in [-0.2, -0.15) is 0 Å². The van der Waals surface area contributed by atoms with E-state index in [2.05, 4.69) is 41.6 Å². The topological polar surface area (TPSA) is 102 Å². The molecule has 8 nitrogen and oxygen atoms in total. The van der Waals surface area contributed by atoms with Crippen molar-refractivity contribution in [1.82, 2.24) is 10.4 Å². The Hall–Kier alpha value is -4.05. The zero-order chi connectivity index (χ0) is 31.7. The summed E-state index contributed by atoms with van der Waals surface area (Å²) in [5.41, 5.74) is 7.60. The minimum atomic E-state index is -4.31. The number of nitrogens with zero attached hydrogens (tertiary/aromatic N) is 3. The number of rotatable bonds is 15. The van der Waals surface area contributed by atoms with E-state index in [1.165, 1.54) is 69.9 Å². The van der Waals surface area contributed by atoms with E-state index in [0.717, 1.165) is 46.3 Å². The second-order valence-corrected chi connectivity index (χ2v) is 12.6. The molecule has 238 valence electrons. The molecule has 0 saturated carbocycles. The Morgan fingerprint density at radius 2 is 1.27 bits per heavy atom. The summed E-state index contributed by atoms with van der Waals surface area (Å²) in [5, 5.41) is 7.69. The molecule has 45 heavy (non-hydrogen) atoms. The normalized spacial score (nSPS) is 14.3. The van der Waals surface area contributed by atoms with Crippen LogP contribution < -0.4 is 15.7 Å². The molecule has 0 radical (unpaired) electrons. The van der Waals surface area contributed by atoms with Crippen molar-refractivity contribution in [3.05, 3.63) is 121 Å². The lowest BCUT2D eigenvalue weighted by molar-refractivity contribution is -0.846. The summed E-state index contributed by atoms with van der Waals surface area (Å²) in [5.74, 6) is 0.815. The van der Waals surface area contributed by atoms with Gasteiger partial charge in [-0.05, 0) is 59.9 Å². The third-order valence-electron chi connectivity index (χ3n) is 7.68. The van der Waals surface area contributed by atoms with E-state index in [-0.39, 0.29) is 4.90 Å². The van der Waals surface area contributed by atoms with E-state index >= 15 is 0 Å². The molecule has 0 aliphatic carbocycles. The average molecular weight is 628 g/mol. The van der Waals surface area contributed by atoms with Gasteiger partial charge in [0.25, 0.3) is 0 Å². The molecule has 0 bridgehead atoms. The van der Waals surface area contributed by atoms with Gasteiger partial charge in [0.15, 0.2) is 5.69 Å². The van der Waals surface area contributed by atoms with Gasteiger partial charge in [0.05, 0.1) is 4.90 Å². The van der Waals surface area contributed by atoms with E-state index in [1.54, 1.807) is 24.5 Å². The molecule has 0 saturated heterocycles. The maximum absolute atomic E-state index is 10.8. The van der Waals surface area contributed by atoms with E-state index in [0.29, 0.717) is 0 Å². The maximum Gasteiger partial charge on any atom is 0.215 e. The highest BCUT2D eigenvalue weighted by atomic mass is 32.2. The first-order valence-corrected chi connectivity index (χ1v) is 17.4. The van der Waals surface area contributed by atoms with Gasteiger partial charge < -0.3 is 4.55 Å². The highest BCUT2D eigenvalue weighted by Gasteiger charge is 2.31. The highest BCUT2D eigenvalue weighted by molar-refractivity contribution is 7.85. The Kier molecular flexibility index (Phi) is 13.6. The molecule has 4 aromatic rings. The largest absolute Gasteiger partial charge is 0.744 e. The van der Waals surface area contributed by atoms with Crippen molar-refractivity contribution in [2.75, 3.05) is 5.12 Å². The quantitative estimate of drug-likeness (QED) is 0.109. The molecule has 1 atom stereocenters. The second-order valence-electron chi connectivity index (χ2n) is 11.2. The maximum atomic E-state index is 10.8. The zero-order valence-corrected chi connectivity index (χ0v) is 27.0. The number of aryl methyl sites for hydroxylation is 1. The highest BCUT2D eigenvalue weighted by Crippen LogP contribution is 2.15. The van der Waals surface area contributed by atoms with Crippen LogP contribution in [0.2, 0.25) is 0 Å². The third-order valence-corrected chi connectivity index (χ3v) is 8.53. The van der Waals surface area contributed by atoms with Gasteiger partial charge in [-0.1, -0.05) is 123 Å². The lowest BCUT2D eigenvalue weighted by Gasteiger charge is -2.21. The summed E-state index contributed by atoms with van der Waals surface area (Å²) in [6, 6.07) is 30.5. The molecule has 2 heterocycles. The predicted molar refractivity (Wildman–Crippen MR) is 180 cm³/mol. The number of aromatic nitrogens is 1. The number of quaternary nitrogens is 1. The fourth-order valence-corrected chi connectivity index (χ4v) is 5.63. The van der Waals surface area contributed by atoms with Crippen LogP contribution >= 0.6 is 0 Å². The van der Waals surface area contributed by atoms with E-state index in [9.17, 15) is 13.0 Å². The van der Waals surface area contributed by atoms with Gasteiger partial charge in [0.2, 0.25) is 5.84 Å². The number of benzene rings is 3. The number of para-hydroxylation sites is 1. The van der Waals surface area contributed by atoms with Crippen molar-refractivity contribution < 1.29 is 18.1 Å². The van der Waals surface area contributed by atoms with Crippen LogP contribution in [0, 0.1) is 0 Å². The number of unbranched alkanes of at least 4 members (excludes halogenated alkanes) is 9. The SMILES string of the molecule is CCCCCCCCCCCCc1ccc(S(=O)(=O)[O-])cc1.c1ccc(N2NC(c3ccncc3)=N[NH+]2c2ccccc2)cc1. The van der Waals surface area contributed by atoms with Crippen LogP contribution in [0.1, 0.15) is 82.3 Å². The molecule has 2 N–H and O–H groups in total. The molecule has 1 aromatic heterocycles. The van der Waals surface area contributed by atoms with Gasteiger partial charge in [-0.15, -0.1) is 0 Å². The van der Waals surface area contributed by atoms with Crippen LogP contribution in [-0.4, -0.2) is 23.8 Å². The number of hydrazine groups is 1. The molecule has 9 heteroatoms. The molecule has 1 aliphatic rings. The van der Waals surface area contributed by atoms with Gasteiger partial charge in [-0.25, -0.2) is 13.8 Å². The number of anilines is 1. The van der Waals surface area contributed by atoms with E-state index < -0.39 is 10.1 Å². The summed E-state index contributed by atoms with van der Waals surface area (Å²) in [7, 11) is -4.31. The zero-order valence-electron chi connectivity index (χ0n) is 26.1. The second kappa shape index (κ2) is 18.0. The lowest BCUT2D eigenvalue weighted by Crippen LogP contribution is -3.10. The average Bonchev–Trinajstić information content (AvgIpc) is 3.53. The summed E-state index contributed by atoms with van der Waals surface area (Å²) in [6.07, 6.45) is 17.6. The molecule has 1 unspecified atom stereocenters. The minimum Gasteiger partial charge on any atom is -0.744 e. The lowest BCUT2D eigenvalue weighted by atomic mass is 10.0. The summed E-state index contributed by atoms with van der Waals surface area (Å²) in [6.45, 7) is 2.24. The van der Waals surface area contributed by atoms with Crippen LogP contribution in [0.25, 0.3) is 0 Å². The number of pyridine rings is 1. The van der Waals surface area contributed by atoms with Gasteiger partial charge in [-0.3, -0.25) is 4.98 Å². The predicted octanol–water partition coefficient (Wildman–Crippen LogP) is 6.95. The Bertz CT molecular complexity index is 1530. The Labute approximate surface area is 268 Å². The molecule has 5 rings (SSSR count). The Morgan fingerprint density at radius 3 is 1.84 bits per heavy atom. The summed E-state index contributed by atoms with van der Waals surface area (Å²) >= 11 is 0. The third kappa shape index (κ3) is 11.1. The van der Waals surface area contributed by atoms with Crippen molar-refractivity contribution in [2.24, 2.45) is 5.10 Å². The standard InChI is InChI=1S/C18H15N5.C18H30O3S/c1-3-7-16(8-4-1)22-20-18(15-11-13-19-14-12-15)21-23(22)17-9-5-2-6-10-17;1-2-3-4-5-6-7-8-9-10-11-12-17-13-15-18(16-14-17)22(19,20)21/h1-14H,(H,20,21);13-16H,2-12H2,1H3,(H,19,20,21). The van der Waals surface area contributed by atoms with E-state index in [4.69, 9.17) is 5.10 Å². The van der Waals surface area contributed by atoms with Crippen LogP contribution in [0.5, 0.6) is 0 Å². The van der Waals surface area contributed by atoms with Gasteiger partial charge >= 0.3 is 0 Å². The summed E-state index contributed by atoms with van der Waals surface area (Å²) < 4.78 is 32.5. The molecular formula is C36H45N5O3S. The molecule has 0 spiro atoms. The van der Waals surface area contributed by atoms with Crippen LogP contribution in [0.4, 0.5) is 11.4 Å². The van der Waals surface area contributed by atoms with E-state index in [1.807, 2.05) is 53.6 Å². The smallest absolute Gasteiger partial charge is 0.215 e. The van der Waals surface area contributed by atoms with Gasteiger partial charge in [0, 0.05) is 30.1 Å². The van der Waals surface area contributed by atoms with Crippen molar-refractivity contribution in [1.29, 1.82) is 0 Å².